The molecule has 1 N–H and O–H groups in total. The third-order valence-corrected chi connectivity index (χ3v) is 5.29. The van der Waals surface area contributed by atoms with Crippen LogP contribution in [0.3, 0.4) is 0 Å². The van der Waals surface area contributed by atoms with Crippen LogP contribution in [0.25, 0.3) is 0 Å². The second-order valence-electron chi connectivity index (χ2n) is 4.83. The molecular formula is C17H20BrNOS. The van der Waals surface area contributed by atoms with Crippen molar-refractivity contribution in [3.63, 3.8) is 0 Å². The minimum Gasteiger partial charge on any atom is -0.497 e. The number of thioether (sulfide) groups is 1. The molecule has 0 spiro atoms. The van der Waals surface area contributed by atoms with E-state index in [1.807, 2.05) is 30.9 Å². The molecule has 4 heteroatoms. The maximum absolute atomic E-state index is 5.28. The molecule has 0 saturated heterocycles. The smallest absolute Gasteiger partial charge is 0.119 e. The second kappa shape index (κ2) is 7.87. The van der Waals surface area contributed by atoms with Crippen LogP contribution in [0.1, 0.15) is 24.1 Å². The van der Waals surface area contributed by atoms with Crippen molar-refractivity contribution in [1.82, 2.24) is 5.32 Å². The topological polar surface area (TPSA) is 21.3 Å². The Bertz CT molecular complexity index is 586. The molecule has 0 aliphatic heterocycles. The highest BCUT2D eigenvalue weighted by molar-refractivity contribution is 9.10. The van der Waals surface area contributed by atoms with Gasteiger partial charge in [-0.25, -0.2) is 0 Å². The van der Waals surface area contributed by atoms with Crippen molar-refractivity contribution >= 4 is 27.7 Å². The van der Waals surface area contributed by atoms with Gasteiger partial charge in [-0.3, -0.25) is 0 Å². The summed E-state index contributed by atoms with van der Waals surface area (Å²) in [6.45, 7) is 2.16. The van der Waals surface area contributed by atoms with Gasteiger partial charge in [-0.15, -0.1) is 11.8 Å². The number of hydrogen-bond donors (Lipinski definition) is 1. The Hall–Kier alpha value is -0.970. The number of halogens is 1. The number of benzene rings is 2. The van der Waals surface area contributed by atoms with Crippen molar-refractivity contribution in [3.05, 3.63) is 58.1 Å². The number of ether oxygens (including phenoxy) is 1. The molecule has 1 atom stereocenters. The largest absolute Gasteiger partial charge is 0.497 e. The third-order valence-electron chi connectivity index (χ3n) is 3.46. The van der Waals surface area contributed by atoms with Gasteiger partial charge in [-0.05, 0) is 55.4 Å². The third kappa shape index (κ3) is 4.50. The zero-order valence-electron chi connectivity index (χ0n) is 12.5. The predicted molar refractivity (Wildman–Crippen MR) is 94.2 cm³/mol. The van der Waals surface area contributed by atoms with Crippen molar-refractivity contribution in [2.24, 2.45) is 0 Å². The zero-order chi connectivity index (χ0) is 15.2. The lowest BCUT2D eigenvalue weighted by atomic mass is 10.1. The molecule has 2 aromatic carbocycles. The van der Waals surface area contributed by atoms with Gasteiger partial charge in [0.1, 0.15) is 5.75 Å². The fraction of sp³-hybridized carbons (Fsp3) is 0.294. The number of methoxy groups -OCH3 is 1. The summed E-state index contributed by atoms with van der Waals surface area (Å²) in [6.07, 6.45) is 0. The molecule has 0 aliphatic carbocycles. The fourth-order valence-electron chi connectivity index (χ4n) is 1.97. The Kier molecular flexibility index (Phi) is 6.15. The van der Waals surface area contributed by atoms with Gasteiger partial charge in [0.2, 0.25) is 0 Å². The van der Waals surface area contributed by atoms with Gasteiger partial charge in [0.15, 0.2) is 0 Å². The highest BCUT2D eigenvalue weighted by atomic mass is 79.9. The summed E-state index contributed by atoms with van der Waals surface area (Å²) in [5.74, 6) is 1.81. The van der Waals surface area contributed by atoms with E-state index in [1.54, 1.807) is 7.11 Å². The Balaban J connectivity index is 2.03. The van der Waals surface area contributed by atoms with Gasteiger partial charge in [0, 0.05) is 21.2 Å². The van der Waals surface area contributed by atoms with E-state index in [0.717, 1.165) is 16.0 Å². The van der Waals surface area contributed by atoms with Gasteiger partial charge in [0.25, 0.3) is 0 Å². The van der Waals surface area contributed by atoms with Crippen molar-refractivity contribution < 1.29 is 4.74 Å². The van der Waals surface area contributed by atoms with Crippen LogP contribution in [-0.4, -0.2) is 14.2 Å². The Morgan fingerprint density at radius 3 is 2.52 bits per heavy atom. The molecule has 2 nitrogen and oxygen atoms in total. The minimum absolute atomic E-state index is 0.386. The van der Waals surface area contributed by atoms with E-state index in [1.165, 1.54) is 16.0 Å². The molecule has 112 valence electrons. The Labute approximate surface area is 139 Å². The first-order valence-corrected chi connectivity index (χ1v) is 8.64. The van der Waals surface area contributed by atoms with E-state index in [-0.39, 0.29) is 0 Å². The summed E-state index contributed by atoms with van der Waals surface area (Å²) in [5.41, 5.74) is 2.55. The van der Waals surface area contributed by atoms with Crippen molar-refractivity contribution in [3.8, 4) is 5.75 Å². The van der Waals surface area contributed by atoms with Crippen LogP contribution in [0.2, 0.25) is 0 Å². The minimum atomic E-state index is 0.386. The maximum Gasteiger partial charge on any atom is 0.119 e. The van der Waals surface area contributed by atoms with Gasteiger partial charge >= 0.3 is 0 Å². The van der Waals surface area contributed by atoms with E-state index >= 15 is 0 Å². The van der Waals surface area contributed by atoms with Crippen molar-refractivity contribution in [1.29, 1.82) is 0 Å². The molecule has 0 radical (unpaired) electrons. The highest BCUT2D eigenvalue weighted by Gasteiger charge is 2.05. The van der Waals surface area contributed by atoms with Crippen LogP contribution in [0.4, 0.5) is 0 Å². The maximum atomic E-state index is 5.28. The predicted octanol–water partition coefficient (Wildman–Crippen LogP) is 5.03. The summed E-state index contributed by atoms with van der Waals surface area (Å²) >= 11 is 5.42. The molecule has 0 aromatic heterocycles. The second-order valence-corrected chi connectivity index (χ2v) is 6.73. The summed E-state index contributed by atoms with van der Waals surface area (Å²) < 4.78 is 6.40. The summed E-state index contributed by atoms with van der Waals surface area (Å²) in [4.78, 5) is 1.27. The van der Waals surface area contributed by atoms with E-state index in [0.29, 0.717) is 6.04 Å². The van der Waals surface area contributed by atoms with Gasteiger partial charge < -0.3 is 10.1 Å². The lowest BCUT2D eigenvalue weighted by Gasteiger charge is -2.11. The monoisotopic (exact) mass is 365 g/mol. The first kappa shape index (κ1) is 16.4. The first-order chi connectivity index (χ1) is 10.1. The molecular weight excluding hydrogens is 346 g/mol. The normalized spacial score (nSPS) is 12.2. The number of hydrogen-bond acceptors (Lipinski definition) is 3. The molecule has 21 heavy (non-hydrogen) atoms. The Morgan fingerprint density at radius 1 is 1.19 bits per heavy atom. The zero-order valence-corrected chi connectivity index (χ0v) is 14.9. The van der Waals surface area contributed by atoms with Crippen LogP contribution in [0.15, 0.2) is 51.8 Å². The molecule has 0 aliphatic rings. The van der Waals surface area contributed by atoms with Gasteiger partial charge in [0.05, 0.1) is 7.11 Å². The molecule has 2 rings (SSSR count). The first-order valence-electron chi connectivity index (χ1n) is 6.86. The molecule has 1 unspecified atom stereocenters. The average Bonchev–Trinajstić information content (AvgIpc) is 2.54. The fourth-order valence-corrected chi connectivity index (χ4v) is 3.43. The lowest BCUT2D eigenvalue weighted by Crippen LogP contribution is -2.11. The SMILES string of the molecule is CNC(C)c1ccc(SCc2cc(OC)ccc2Br)cc1. The average molecular weight is 366 g/mol. The molecule has 0 heterocycles. The highest BCUT2D eigenvalue weighted by Crippen LogP contribution is 2.30. The van der Waals surface area contributed by atoms with Crippen LogP contribution in [-0.2, 0) is 5.75 Å². The van der Waals surface area contributed by atoms with E-state index in [2.05, 4.69) is 58.5 Å². The van der Waals surface area contributed by atoms with Crippen LogP contribution < -0.4 is 10.1 Å². The quantitative estimate of drug-likeness (QED) is 0.725. The van der Waals surface area contributed by atoms with Crippen molar-refractivity contribution in [2.45, 2.75) is 23.6 Å². The summed E-state index contributed by atoms with van der Waals surface area (Å²) in [5, 5.41) is 3.25. The van der Waals surface area contributed by atoms with Crippen LogP contribution >= 0.6 is 27.7 Å². The van der Waals surface area contributed by atoms with Gasteiger partial charge in [-0.2, -0.15) is 0 Å². The Morgan fingerprint density at radius 2 is 1.90 bits per heavy atom. The molecule has 0 bridgehead atoms. The number of rotatable bonds is 6. The standard InChI is InChI=1S/C17H20BrNOS/c1-12(19-2)13-4-7-16(8-5-13)21-11-14-10-15(20-3)6-9-17(14)18/h4-10,12,19H,11H2,1-3H3. The van der Waals surface area contributed by atoms with E-state index in [4.69, 9.17) is 4.74 Å². The summed E-state index contributed by atoms with van der Waals surface area (Å²) in [7, 11) is 3.68. The lowest BCUT2D eigenvalue weighted by molar-refractivity contribution is 0.414. The molecule has 0 saturated carbocycles. The van der Waals surface area contributed by atoms with Crippen molar-refractivity contribution in [2.75, 3.05) is 14.2 Å². The van der Waals surface area contributed by atoms with Gasteiger partial charge in [-0.1, -0.05) is 28.1 Å². The van der Waals surface area contributed by atoms with Crippen LogP contribution in [0.5, 0.6) is 5.75 Å². The summed E-state index contributed by atoms with van der Waals surface area (Å²) in [6, 6.07) is 15.2. The number of nitrogens with one attached hydrogen (secondary N) is 1. The molecule has 0 amide bonds. The molecule has 2 aromatic rings. The molecule has 0 fully saturated rings. The van der Waals surface area contributed by atoms with E-state index < -0.39 is 0 Å². The van der Waals surface area contributed by atoms with Crippen LogP contribution in [0, 0.1) is 0 Å². The van der Waals surface area contributed by atoms with E-state index in [9.17, 15) is 0 Å².